The number of aryl methyl sites for hydroxylation is 2. The third kappa shape index (κ3) is 4.44. The van der Waals surface area contributed by atoms with Crippen molar-refractivity contribution in [3.05, 3.63) is 16.4 Å². The second-order valence-electron chi connectivity index (χ2n) is 6.11. The van der Waals surface area contributed by atoms with Crippen LogP contribution in [-0.2, 0) is 13.1 Å². The summed E-state index contributed by atoms with van der Waals surface area (Å²) in [5.74, 6) is 0.767. The van der Waals surface area contributed by atoms with Crippen LogP contribution in [0.5, 0.6) is 0 Å². The molecule has 120 valence electrons. The molecule has 2 heterocycles. The normalized spacial score (nSPS) is 19.4. The van der Waals surface area contributed by atoms with E-state index in [9.17, 15) is 0 Å². The summed E-state index contributed by atoms with van der Waals surface area (Å²) in [5.41, 5.74) is 2.12. The number of nitrogens with one attached hydrogen (secondary N) is 1. The Morgan fingerprint density at radius 3 is 2.86 bits per heavy atom. The van der Waals surface area contributed by atoms with Gasteiger partial charge in [0, 0.05) is 19.6 Å². The number of halogens is 1. The van der Waals surface area contributed by atoms with Gasteiger partial charge >= 0.3 is 0 Å². The Balaban J connectivity index is 2.04. The van der Waals surface area contributed by atoms with Gasteiger partial charge in [0.25, 0.3) is 0 Å². The zero-order valence-electron chi connectivity index (χ0n) is 13.7. The van der Waals surface area contributed by atoms with E-state index in [-0.39, 0.29) is 0 Å². The van der Waals surface area contributed by atoms with Gasteiger partial charge in [-0.25, -0.2) is 0 Å². The average molecular weight is 313 g/mol. The van der Waals surface area contributed by atoms with Gasteiger partial charge in [0.2, 0.25) is 0 Å². The number of piperidine rings is 1. The maximum Gasteiger partial charge on any atom is 0.0860 e. The highest BCUT2D eigenvalue weighted by molar-refractivity contribution is 6.31. The van der Waals surface area contributed by atoms with E-state index < -0.39 is 0 Å². The Morgan fingerprint density at radius 2 is 2.24 bits per heavy atom. The molecule has 0 bridgehead atoms. The summed E-state index contributed by atoms with van der Waals surface area (Å²) >= 11 is 6.46. The zero-order chi connectivity index (χ0) is 15.2. The second kappa shape index (κ2) is 8.16. The summed E-state index contributed by atoms with van der Waals surface area (Å²) in [5, 5.41) is 8.90. The molecule has 4 nitrogen and oxygen atoms in total. The molecule has 0 aromatic carbocycles. The lowest BCUT2D eigenvalue weighted by atomic mass is 9.99. The number of rotatable bonds is 7. The van der Waals surface area contributed by atoms with Crippen molar-refractivity contribution in [2.24, 2.45) is 5.92 Å². The SMILES string of the molecule is CCCN(Cc1c(Cl)c(C)nn1CC)CC1CCCNC1. The molecule has 2 rings (SSSR count). The van der Waals surface area contributed by atoms with Gasteiger partial charge in [-0.2, -0.15) is 5.10 Å². The predicted molar refractivity (Wildman–Crippen MR) is 88.8 cm³/mol. The summed E-state index contributed by atoms with van der Waals surface area (Å²) in [6.45, 7) is 12.8. The summed E-state index contributed by atoms with van der Waals surface area (Å²) in [4.78, 5) is 2.55. The van der Waals surface area contributed by atoms with Gasteiger partial charge in [-0.05, 0) is 58.7 Å². The molecule has 1 aromatic rings. The van der Waals surface area contributed by atoms with Gasteiger partial charge in [-0.3, -0.25) is 9.58 Å². The van der Waals surface area contributed by atoms with Crippen LogP contribution in [0.25, 0.3) is 0 Å². The molecular formula is C16H29ClN4. The predicted octanol–water partition coefficient (Wildman–Crippen LogP) is 3.08. The number of hydrogen-bond acceptors (Lipinski definition) is 3. The van der Waals surface area contributed by atoms with Crippen LogP contribution in [0.3, 0.4) is 0 Å². The highest BCUT2D eigenvalue weighted by Gasteiger charge is 2.20. The third-order valence-electron chi connectivity index (χ3n) is 4.28. The Morgan fingerprint density at radius 1 is 1.43 bits per heavy atom. The van der Waals surface area contributed by atoms with E-state index in [0.29, 0.717) is 0 Å². The van der Waals surface area contributed by atoms with Crippen LogP contribution in [0.1, 0.15) is 44.5 Å². The van der Waals surface area contributed by atoms with Crippen LogP contribution >= 0.6 is 11.6 Å². The lowest BCUT2D eigenvalue weighted by Crippen LogP contribution is -2.38. The van der Waals surface area contributed by atoms with E-state index in [1.807, 2.05) is 6.92 Å². The Bertz CT molecular complexity index is 438. The third-order valence-corrected chi connectivity index (χ3v) is 4.77. The molecule has 1 atom stereocenters. The topological polar surface area (TPSA) is 33.1 Å². The molecule has 1 N–H and O–H groups in total. The van der Waals surface area contributed by atoms with Gasteiger partial charge in [0.05, 0.1) is 16.4 Å². The average Bonchev–Trinajstić information content (AvgIpc) is 2.76. The monoisotopic (exact) mass is 312 g/mol. The largest absolute Gasteiger partial charge is 0.316 e. The molecule has 0 spiro atoms. The smallest absolute Gasteiger partial charge is 0.0860 e. The summed E-state index contributed by atoms with van der Waals surface area (Å²) in [7, 11) is 0. The fourth-order valence-electron chi connectivity index (χ4n) is 3.23. The lowest BCUT2D eigenvalue weighted by molar-refractivity contribution is 0.197. The minimum atomic E-state index is 0.767. The van der Waals surface area contributed by atoms with E-state index in [1.165, 1.54) is 31.5 Å². The fraction of sp³-hybridized carbons (Fsp3) is 0.812. The first-order chi connectivity index (χ1) is 10.2. The van der Waals surface area contributed by atoms with Crippen molar-refractivity contribution in [3.63, 3.8) is 0 Å². The highest BCUT2D eigenvalue weighted by Crippen LogP contribution is 2.23. The van der Waals surface area contributed by atoms with Crippen LogP contribution in [0.15, 0.2) is 0 Å². The van der Waals surface area contributed by atoms with E-state index in [0.717, 1.165) is 49.4 Å². The molecule has 0 aliphatic carbocycles. The fourth-order valence-corrected chi connectivity index (χ4v) is 3.42. The highest BCUT2D eigenvalue weighted by atomic mass is 35.5. The molecule has 0 saturated carbocycles. The quantitative estimate of drug-likeness (QED) is 0.840. The van der Waals surface area contributed by atoms with Crippen LogP contribution in [0, 0.1) is 12.8 Å². The van der Waals surface area contributed by atoms with Crippen molar-refractivity contribution in [2.75, 3.05) is 26.2 Å². The van der Waals surface area contributed by atoms with Crippen molar-refractivity contribution in [1.29, 1.82) is 0 Å². The van der Waals surface area contributed by atoms with Crippen molar-refractivity contribution >= 4 is 11.6 Å². The molecule has 0 amide bonds. The molecule has 1 fully saturated rings. The second-order valence-corrected chi connectivity index (χ2v) is 6.49. The van der Waals surface area contributed by atoms with Crippen LogP contribution in [0.2, 0.25) is 5.02 Å². The molecular weight excluding hydrogens is 284 g/mol. The van der Waals surface area contributed by atoms with Crippen molar-refractivity contribution < 1.29 is 0 Å². The molecule has 1 saturated heterocycles. The number of nitrogens with zero attached hydrogens (tertiary/aromatic N) is 3. The lowest BCUT2D eigenvalue weighted by Gasteiger charge is -2.30. The minimum absolute atomic E-state index is 0.767. The van der Waals surface area contributed by atoms with Crippen LogP contribution in [0.4, 0.5) is 0 Å². The van der Waals surface area contributed by atoms with E-state index in [4.69, 9.17) is 11.6 Å². The molecule has 1 aliphatic heterocycles. The summed E-state index contributed by atoms with van der Waals surface area (Å²) < 4.78 is 2.06. The van der Waals surface area contributed by atoms with Crippen LogP contribution < -0.4 is 5.32 Å². The summed E-state index contributed by atoms with van der Waals surface area (Å²) in [6.07, 6.45) is 3.82. The standard InChI is InChI=1S/C16H29ClN4/c1-4-9-20(11-14-7-6-8-18-10-14)12-15-16(17)13(3)19-21(15)5-2/h14,18H,4-12H2,1-3H3. The zero-order valence-corrected chi connectivity index (χ0v) is 14.4. The number of hydrogen-bond donors (Lipinski definition) is 1. The van der Waals surface area contributed by atoms with E-state index in [2.05, 4.69) is 33.8 Å². The van der Waals surface area contributed by atoms with Crippen molar-refractivity contribution in [2.45, 2.75) is 53.1 Å². The first-order valence-electron chi connectivity index (χ1n) is 8.30. The van der Waals surface area contributed by atoms with Gasteiger partial charge in [-0.1, -0.05) is 18.5 Å². The molecule has 5 heteroatoms. The van der Waals surface area contributed by atoms with Crippen molar-refractivity contribution in [3.8, 4) is 0 Å². The molecule has 0 radical (unpaired) electrons. The molecule has 21 heavy (non-hydrogen) atoms. The molecule has 1 aliphatic rings. The number of aromatic nitrogens is 2. The Kier molecular flexibility index (Phi) is 6.52. The van der Waals surface area contributed by atoms with Gasteiger partial charge in [0.15, 0.2) is 0 Å². The Labute approximate surface area is 133 Å². The van der Waals surface area contributed by atoms with Gasteiger partial charge < -0.3 is 5.32 Å². The van der Waals surface area contributed by atoms with Crippen LogP contribution in [-0.4, -0.2) is 40.9 Å². The maximum atomic E-state index is 6.46. The van der Waals surface area contributed by atoms with Crippen molar-refractivity contribution in [1.82, 2.24) is 20.0 Å². The Hall–Kier alpha value is -0.580. The maximum absolute atomic E-state index is 6.46. The minimum Gasteiger partial charge on any atom is -0.316 e. The van der Waals surface area contributed by atoms with E-state index in [1.54, 1.807) is 0 Å². The molecule has 1 unspecified atom stereocenters. The molecule has 1 aromatic heterocycles. The summed E-state index contributed by atoms with van der Waals surface area (Å²) in [6, 6.07) is 0. The van der Waals surface area contributed by atoms with Gasteiger partial charge in [-0.15, -0.1) is 0 Å². The first-order valence-corrected chi connectivity index (χ1v) is 8.68. The van der Waals surface area contributed by atoms with E-state index >= 15 is 0 Å². The first kappa shape index (κ1) is 16.8. The van der Waals surface area contributed by atoms with Gasteiger partial charge in [0.1, 0.15) is 0 Å².